The summed E-state index contributed by atoms with van der Waals surface area (Å²) in [4.78, 5) is 12.6. The Morgan fingerprint density at radius 1 is 1.10 bits per heavy atom. The van der Waals surface area contributed by atoms with Gasteiger partial charge >= 0.3 is 0 Å². The lowest BCUT2D eigenvalue weighted by Gasteiger charge is -2.11. The molecule has 0 bridgehead atoms. The van der Waals surface area contributed by atoms with Gasteiger partial charge in [-0.3, -0.25) is 9.36 Å². The lowest BCUT2D eigenvalue weighted by molar-refractivity contribution is -0.113. The molecule has 0 aliphatic rings. The number of nitrogens with one attached hydrogen (secondary N) is 1. The molecule has 0 atom stereocenters. The van der Waals surface area contributed by atoms with E-state index in [4.69, 9.17) is 9.15 Å². The topological polar surface area (TPSA) is 82.2 Å². The van der Waals surface area contributed by atoms with Crippen LogP contribution in [0.1, 0.15) is 12.5 Å². The minimum absolute atomic E-state index is 0.102. The number of anilines is 1. The number of hydrogen-bond donors (Lipinski definition) is 1. The van der Waals surface area contributed by atoms with Gasteiger partial charge in [-0.1, -0.05) is 36.9 Å². The van der Waals surface area contributed by atoms with Crippen LogP contribution in [-0.2, 0) is 11.2 Å². The van der Waals surface area contributed by atoms with Crippen LogP contribution in [-0.4, -0.2) is 33.5 Å². The number of ether oxygens (including phenoxy) is 1. The Labute approximate surface area is 184 Å². The van der Waals surface area contributed by atoms with Crippen molar-refractivity contribution in [3.05, 3.63) is 72.5 Å². The third-order valence-electron chi connectivity index (χ3n) is 4.71. The molecule has 4 rings (SSSR count). The summed E-state index contributed by atoms with van der Waals surface area (Å²) in [5, 5.41) is 12.2. The summed E-state index contributed by atoms with van der Waals surface area (Å²) >= 11 is 1.32. The molecule has 0 aliphatic carbocycles. The molecule has 0 saturated carbocycles. The van der Waals surface area contributed by atoms with Gasteiger partial charge in [-0.15, -0.1) is 10.2 Å². The van der Waals surface area contributed by atoms with E-state index in [2.05, 4.69) is 22.4 Å². The Morgan fingerprint density at radius 3 is 2.61 bits per heavy atom. The van der Waals surface area contributed by atoms with Gasteiger partial charge in [0.25, 0.3) is 0 Å². The summed E-state index contributed by atoms with van der Waals surface area (Å²) in [7, 11) is 1.62. The number of hydrogen-bond acceptors (Lipinski definition) is 6. The number of thioether (sulfide) groups is 1. The summed E-state index contributed by atoms with van der Waals surface area (Å²) in [5.74, 6) is 2.00. The van der Waals surface area contributed by atoms with Crippen LogP contribution in [0.2, 0.25) is 0 Å². The molecule has 158 valence electrons. The van der Waals surface area contributed by atoms with Gasteiger partial charge in [0.1, 0.15) is 5.75 Å². The van der Waals surface area contributed by atoms with E-state index in [0.29, 0.717) is 16.7 Å². The van der Waals surface area contributed by atoms with E-state index in [1.807, 2.05) is 59.2 Å². The second kappa shape index (κ2) is 9.53. The number of aromatic nitrogens is 3. The standard InChI is InChI=1S/C23H22N4O3S/c1-3-16-7-4-5-8-19(16)24-21(28)15-31-23-26-25-22(20-9-6-14-30-20)27(23)17-10-12-18(29-2)13-11-17/h4-14H,3,15H2,1-2H3,(H,24,28). The molecule has 0 unspecified atom stereocenters. The third kappa shape index (κ3) is 4.64. The van der Waals surface area contributed by atoms with Gasteiger partial charge in [-0.2, -0.15) is 0 Å². The van der Waals surface area contributed by atoms with E-state index in [-0.39, 0.29) is 11.7 Å². The number of rotatable bonds is 8. The van der Waals surface area contributed by atoms with Crippen LogP contribution >= 0.6 is 11.8 Å². The SMILES string of the molecule is CCc1ccccc1NC(=O)CSc1nnc(-c2ccco2)n1-c1ccc(OC)cc1. The van der Waals surface area contributed by atoms with E-state index >= 15 is 0 Å². The van der Waals surface area contributed by atoms with Crippen molar-refractivity contribution in [3.63, 3.8) is 0 Å². The third-order valence-corrected chi connectivity index (χ3v) is 5.64. The van der Waals surface area contributed by atoms with Crippen LogP contribution in [0.25, 0.3) is 17.3 Å². The average molecular weight is 435 g/mol. The Bertz CT molecular complexity index is 1150. The Balaban J connectivity index is 1.57. The number of carbonyl (C=O) groups is 1. The van der Waals surface area contributed by atoms with Crippen molar-refractivity contribution in [1.29, 1.82) is 0 Å². The van der Waals surface area contributed by atoms with Crippen LogP contribution < -0.4 is 10.1 Å². The molecule has 1 amide bonds. The zero-order valence-electron chi connectivity index (χ0n) is 17.2. The van der Waals surface area contributed by atoms with Crippen LogP contribution in [0.5, 0.6) is 5.75 Å². The van der Waals surface area contributed by atoms with Gasteiger partial charge in [-0.25, -0.2) is 0 Å². The van der Waals surface area contributed by atoms with E-state index in [9.17, 15) is 4.79 Å². The molecule has 2 aromatic carbocycles. The molecule has 7 nitrogen and oxygen atoms in total. The van der Waals surface area contributed by atoms with Gasteiger partial charge in [-0.05, 0) is 54.4 Å². The fourth-order valence-corrected chi connectivity index (χ4v) is 3.91. The number of carbonyl (C=O) groups excluding carboxylic acids is 1. The van der Waals surface area contributed by atoms with Crippen molar-refractivity contribution >= 4 is 23.4 Å². The first-order valence-electron chi connectivity index (χ1n) is 9.84. The second-order valence-electron chi connectivity index (χ2n) is 6.66. The predicted octanol–water partition coefficient (Wildman–Crippen LogP) is 4.83. The highest BCUT2D eigenvalue weighted by Gasteiger charge is 2.19. The number of amides is 1. The summed E-state index contributed by atoms with van der Waals surface area (Å²) in [6, 6.07) is 19.0. The van der Waals surface area contributed by atoms with E-state index in [1.54, 1.807) is 19.4 Å². The van der Waals surface area contributed by atoms with E-state index in [0.717, 1.165) is 29.1 Å². The fourth-order valence-electron chi connectivity index (χ4n) is 3.16. The van der Waals surface area contributed by atoms with Crippen molar-refractivity contribution in [2.24, 2.45) is 0 Å². The molecular weight excluding hydrogens is 412 g/mol. The van der Waals surface area contributed by atoms with Crippen LogP contribution in [0.4, 0.5) is 5.69 Å². The first-order chi connectivity index (χ1) is 15.2. The summed E-state index contributed by atoms with van der Waals surface area (Å²) in [6.45, 7) is 2.06. The van der Waals surface area contributed by atoms with Crippen LogP contribution in [0, 0.1) is 0 Å². The summed E-state index contributed by atoms with van der Waals surface area (Å²) < 4.78 is 12.7. The predicted molar refractivity (Wildman–Crippen MR) is 121 cm³/mol. The first-order valence-corrected chi connectivity index (χ1v) is 10.8. The van der Waals surface area contributed by atoms with Crippen molar-refractivity contribution in [2.75, 3.05) is 18.2 Å². The summed E-state index contributed by atoms with van der Waals surface area (Å²) in [5.41, 5.74) is 2.78. The van der Waals surface area contributed by atoms with E-state index < -0.39 is 0 Å². The van der Waals surface area contributed by atoms with Crippen molar-refractivity contribution in [1.82, 2.24) is 14.8 Å². The first kappa shape index (κ1) is 20.7. The zero-order valence-corrected chi connectivity index (χ0v) is 18.1. The minimum atomic E-state index is -0.102. The number of methoxy groups -OCH3 is 1. The van der Waals surface area contributed by atoms with Gasteiger partial charge in [0.15, 0.2) is 10.9 Å². The molecule has 0 spiro atoms. The lowest BCUT2D eigenvalue weighted by Crippen LogP contribution is -2.15. The largest absolute Gasteiger partial charge is 0.497 e. The number of benzene rings is 2. The van der Waals surface area contributed by atoms with Crippen LogP contribution in [0.15, 0.2) is 76.5 Å². The molecule has 0 fully saturated rings. The smallest absolute Gasteiger partial charge is 0.234 e. The molecule has 2 aromatic heterocycles. The van der Waals surface area contributed by atoms with Gasteiger partial charge < -0.3 is 14.5 Å². The normalized spacial score (nSPS) is 10.8. The summed E-state index contributed by atoms with van der Waals surface area (Å²) in [6.07, 6.45) is 2.44. The van der Waals surface area contributed by atoms with Crippen molar-refractivity contribution in [2.45, 2.75) is 18.5 Å². The molecule has 2 heterocycles. The number of furan rings is 1. The van der Waals surface area contributed by atoms with E-state index in [1.165, 1.54) is 11.8 Å². The monoisotopic (exact) mass is 434 g/mol. The lowest BCUT2D eigenvalue weighted by atomic mass is 10.1. The molecule has 31 heavy (non-hydrogen) atoms. The molecule has 4 aromatic rings. The highest BCUT2D eigenvalue weighted by atomic mass is 32.2. The minimum Gasteiger partial charge on any atom is -0.497 e. The molecule has 1 N–H and O–H groups in total. The highest BCUT2D eigenvalue weighted by Crippen LogP contribution is 2.29. The van der Waals surface area contributed by atoms with Crippen LogP contribution in [0.3, 0.4) is 0 Å². The Morgan fingerprint density at radius 2 is 1.90 bits per heavy atom. The average Bonchev–Trinajstić information content (AvgIpc) is 3.48. The Kier molecular flexibility index (Phi) is 6.37. The van der Waals surface area contributed by atoms with Gasteiger partial charge in [0.2, 0.25) is 11.7 Å². The maximum atomic E-state index is 12.6. The van der Waals surface area contributed by atoms with Gasteiger partial charge in [0, 0.05) is 5.69 Å². The molecule has 0 saturated heterocycles. The maximum Gasteiger partial charge on any atom is 0.234 e. The Hall–Kier alpha value is -3.52. The quantitative estimate of drug-likeness (QED) is 0.400. The number of para-hydroxylation sites is 1. The second-order valence-corrected chi connectivity index (χ2v) is 7.61. The zero-order chi connectivity index (χ0) is 21.6. The molecule has 0 aliphatic heterocycles. The highest BCUT2D eigenvalue weighted by molar-refractivity contribution is 7.99. The maximum absolute atomic E-state index is 12.6. The van der Waals surface area contributed by atoms with Gasteiger partial charge in [0.05, 0.1) is 24.8 Å². The fraction of sp³-hybridized carbons (Fsp3) is 0.174. The van der Waals surface area contributed by atoms with Crippen molar-refractivity contribution < 1.29 is 13.9 Å². The molecular formula is C23H22N4O3S. The number of aryl methyl sites for hydroxylation is 1. The number of nitrogens with zero attached hydrogens (tertiary/aromatic N) is 3. The molecule has 0 radical (unpaired) electrons. The van der Waals surface area contributed by atoms with Crippen molar-refractivity contribution in [3.8, 4) is 23.0 Å². The molecule has 8 heteroatoms.